The van der Waals surface area contributed by atoms with E-state index in [0.717, 1.165) is 17.9 Å². The molecule has 0 spiro atoms. The number of hydrogen-bond donors (Lipinski definition) is 2. The summed E-state index contributed by atoms with van der Waals surface area (Å²) in [5.41, 5.74) is 3.57. The van der Waals surface area contributed by atoms with Gasteiger partial charge in [-0.1, -0.05) is 36.4 Å². The van der Waals surface area contributed by atoms with Gasteiger partial charge in [0, 0.05) is 19.0 Å². The van der Waals surface area contributed by atoms with Gasteiger partial charge in [-0.05, 0) is 28.8 Å². The van der Waals surface area contributed by atoms with Crippen LogP contribution in [0, 0.1) is 0 Å². The van der Waals surface area contributed by atoms with Crippen molar-refractivity contribution in [3.63, 3.8) is 0 Å². The van der Waals surface area contributed by atoms with Crippen molar-refractivity contribution in [2.24, 2.45) is 0 Å². The summed E-state index contributed by atoms with van der Waals surface area (Å²) in [6, 6.07) is 16.6. The van der Waals surface area contributed by atoms with Crippen molar-refractivity contribution in [2.75, 3.05) is 0 Å². The topological polar surface area (TPSA) is 50.4 Å². The molecule has 2 aromatic rings. The van der Waals surface area contributed by atoms with E-state index in [1.807, 2.05) is 24.3 Å². The molecule has 2 atom stereocenters. The van der Waals surface area contributed by atoms with E-state index in [1.54, 1.807) is 0 Å². The number of hydrogen-bond acceptors (Lipinski definition) is 3. The minimum absolute atomic E-state index is 0.0967. The van der Waals surface area contributed by atoms with E-state index in [9.17, 15) is 4.79 Å². The van der Waals surface area contributed by atoms with Crippen LogP contribution >= 0.6 is 0 Å². The molecule has 1 saturated heterocycles. The predicted molar refractivity (Wildman–Crippen MR) is 83.3 cm³/mol. The number of ether oxygens (including phenoxy) is 1. The third-order valence-corrected chi connectivity index (χ3v) is 4.38. The molecule has 2 aliphatic rings. The first-order chi connectivity index (χ1) is 10.8. The fourth-order valence-corrected chi connectivity index (χ4v) is 3.25. The number of amides is 1. The molecule has 4 nitrogen and oxygen atoms in total. The Balaban J connectivity index is 1.51. The molecule has 2 heterocycles. The maximum Gasteiger partial charge on any atom is 0.222 e. The van der Waals surface area contributed by atoms with Crippen molar-refractivity contribution in [3.8, 4) is 5.75 Å². The number of rotatable bonds is 3. The molecule has 112 valence electrons. The number of fused-ring (bicyclic) bond motifs is 3. The van der Waals surface area contributed by atoms with Gasteiger partial charge in [-0.2, -0.15) is 0 Å². The lowest BCUT2D eigenvalue weighted by Gasteiger charge is -2.29. The molecular formula is C18H18N2O2. The Kier molecular flexibility index (Phi) is 3.31. The van der Waals surface area contributed by atoms with Crippen LogP contribution in [-0.2, 0) is 17.9 Å². The second-order valence-corrected chi connectivity index (χ2v) is 5.87. The maximum atomic E-state index is 11.6. The van der Waals surface area contributed by atoms with Crippen LogP contribution in [0.15, 0.2) is 48.5 Å². The molecule has 4 heteroatoms. The summed E-state index contributed by atoms with van der Waals surface area (Å²) in [5.74, 6) is 0.993. The van der Waals surface area contributed by atoms with Crippen molar-refractivity contribution in [1.82, 2.24) is 10.6 Å². The van der Waals surface area contributed by atoms with E-state index in [0.29, 0.717) is 13.0 Å². The van der Waals surface area contributed by atoms with Crippen LogP contribution in [0.3, 0.4) is 0 Å². The average molecular weight is 294 g/mol. The molecule has 0 saturated carbocycles. The number of carbonyl (C=O) groups is 1. The van der Waals surface area contributed by atoms with Gasteiger partial charge in [0.25, 0.3) is 0 Å². The van der Waals surface area contributed by atoms with E-state index in [2.05, 4.69) is 34.9 Å². The molecular weight excluding hydrogens is 276 g/mol. The Morgan fingerprint density at radius 3 is 2.86 bits per heavy atom. The van der Waals surface area contributed by atoms with Gasteiger partial charge in [-0.15, -0.1) is 0 Å². The molecule has 2 N–H and O–H groups in total. The highest BCUT2D eigenvalue weighted by atomic mass is 16.5. The Labute approximate surface area is 129 Å². The fraction of sp³-hybridized carbons (Fsp3) is 0.278. The quantitative estimate of drug-likeness (QED) is 0.913. The summed E-state index contributed by atoms with van der Waals surface area (Å²) in [6.07, 6.45) is 0.566. The van der Waals surface area contributed by atoms with Gasteiger partial charge in [0.2, 0.25) is 5.91 Å². The normalized spacial score (nSPS) is 22.6. The zero-order chi connectivity index (χ0) is 14.9. The number of nitrogens with one attached hydrogen (secondary N) is 2. The summed E-state index contributed by atoms with van der Waals surface area (Å²) in [7, 11) is 0. The van der Waals surface area contributed by atoms with Crippen molar-refractivity contribution in [2.45, 2.75) is 31.7 Å². The van der Waals surface area contributed by atoms with Crippen LogP contribution in [0.2, 0.25) is 0 Å². The lowest BCUT2D eigenvalue weighted by Crippen LogP contribution is -2.39. The minimum Gasteiger partial charge on any atom is -0.489 e. The summed E-state index contributed by atoms with van der Waals surface area (Å²) in [5, 5.41) is 6.48. The van der Waals surface area contributed by atoms with Crippen LogP contribution in [0.4, 0.5) is 0 Å². The third kappa shape index (κ3) is 2.46. The molecule has 0 unspecified atom stereocenters. The van der Waals surface area contributed by atoms with Crippen molar-refractivity contribution < 1.29 is 9.53 Å². The highest BCUT2D eigenvalue weighted by molar-refractivity contribution is 5.80. The van der Waals surface area contributed by atoms with Gasteiger partial charge in [-0.3, -0.25) is 4.79 Å². The van der Waals surface area contributed by atoms with E-state index < -0.39 is 0 Å². The first-order valence-electron chi connectivity index (χ1n) is 7.62. The Morgan fingerprint density at radius 2 is 2.00 bits per heavy atom. The van der Waals surface area contributed by atoms with Crippen molar-refractivity contribution in [3.05, 3.63) is 65.2 Å². The summed E-state index contributed by atoms with van der Waals surface area (Å²) < 4.78 is 5.88. The third-order valence-electron chi connectivity index (χ3n) is 4.38. The first-order valence-corrected chi connectivity index (χ1v) is 7.62. The highest BCUT2D eigenvalue weighted by Gasteiger charge is 2.37. The van der Waals surface area contributed by atoms with Gasteiger partial charge >= 0.3 is 0 Å². The van der Waals surface area contributed by atoms with Gasteiger partial charge in [0.05, 0.1) is 6.04 Å². The van der Waals surface area contributed by atoms with Gasteiger partial charge in [0.1, 0.15) is 12.4 Å². The fourth-order valence-electron chi connectivity index (χ4n) is 3.25. The zero-order valence-electron chi connectivity index (χ0n) is 12.2. The van der Waals surface area contributed by atoms with Gasteiger partial charge < -0.3 is 15.4 Å². The second-order valence-electron chi connectivity index (χ2n) is 5.87. The predicted octanol–water partition coefficient (Wildman–Crippen LogP) is 2.30. The van der Waals surface area contributed by atoms with E-state index in [1.165, 1.54) is 11.1 Å². The molecule has 1 fully saturated rings. The summed E-state index contributed by atoms with van der Waals surface area (Å²) in [6.45, 7) is 1.35. The van der Waals surface area contributed by atoms with Crippen LogP contribution in [-0.4, -0.2) is 11.9 Å². The number of benzene rings is 2. The molecule has 0 bridgehead atoms. The highest BCUT2D eigenvalue weighted by Crippen LogP contribution is 2.33. The second kappa shape index (κ2) is 5.46. The Morgan fingerprint density at radius 1 is 1.14 bits per heavy atom. The zero-order valence-corrected chi connectivity index (χ0v) is 12.2. The van der Waals surface area contributed by atoms with Gasteiger partial charge in [0.15, 0.2) is 0 Å². The molecule has 0 radical (unpaired) electrons. The average Bonchev–Trinajstić information content (AvgIpc) is 2.94. The largest absolute Gasteiger partial charge is 0.489 e. The standard InChI is InChI=1S/C18H18N2O2/c21-17-9-16-18(20-17)15-7-6-14(8-13(15)10-19-16)22-11-12-4-2-1-3-5-12/h1-8,16,18-19H,9-11H2,(H,20,21)/t16-,18-/m1/s1. The maximum absolute atomic E-state index is 11.6. The molecule has 22 heavy (non-hydrogen) atoms. The first kappa shape index (κ1) is 13.3. The van der Waals surface area contributed by atoms with Gasteiger partial charge in [-0.25, -0.2) is 0 Å². The molecule has 0 aromatic heterocycles. The van der Waals surface area contributed by atoms with Crippen molar-refractivity contribution in [1.29, 1.82) is 0 Å². The van der Waals surface area contributed by atoms with Crippen LogP contribution in [0.25, 0.3) is 0 Å². The summed E-state index contributed by atoms with van der Waals surface area (Å²) >= 11 is 0. The molecule has 2 aromatic carbocycles. The lowest BCUT2D eigenvalue weighted by molar-refractivity contribution is -0.119. The van der Waals surface area contributed by atoms with E-state index in [4.69, 9.17) is 4.74 Å². The Hall–Kier alpha value is -2.33. The van der Waals surface area contributed by atoms with Crippen LogP contribution in [0.5, 0.6) is 5.75 Å². The van der Waals surface area contributed by atoms with E-state index >= 15 is 0 Å². The Bertz CT molecular complexity index is 699. The molecule has 0 aliphatic carbocycles. The minimum atomic E-state index is 0.0967. The summed E-state index contributed by atoms with van der Waals surface area (Å²) in [4.78, 5) is 11.6. The van der Waals surface area contributed by atoms with Crippen LogP contribution < -0.4 is 15.4 Å². The van der Waals surface area contributed by atoms with Crippen LogP contribution in [0.1, 0.15) is 29.2 Å². The van der Waals surface area contributed by atoms with Crippen molar-refractivity contribution >= 4 is 5.91 Å². The molecule has 4 rings (SSSR count). The monoisotopic (exact) mass is 294 g/mol. The number of carbonyl (C=O) groups excluding carboxylic acids is 1. The van der Waals surface area contributed by atoms with E-state index in [-0.39, 0.29) is 18.0 Å². The SMILES string of the molecule is O=C1C[C@H]2NCc3cc(OCc4ccccc4)ccc3[C@H]2N1. The smallest absolute Gasteiger partial charge is 0.222 e. The molecule has 2 aliphatic heterocycles. The molecule has 1 amide bonds. The lowest BCUT2D eigenvalue weighted by atomic mass is 9.92.